The highest BCUT2D eigenvalue weighted by Crippen LogP contribution is 2.25. The Balaban J connectivity index is 2.45. The molecule has 1 heterocycles. The summed E-state index contributed by atoms with van der Waals surface area (Å²) >= 11 is 1.74. The minimum absolute atomic E-state index is 0.472. The molecule has 0 aliphatic heterocycles. The van der Waals surface area contributed by atoms with Crippen molar-refractivity contribution in [2.24, 2.45) is 12.8 Å². The topological polar surface area (TPSA) is 43.8 Å². The summed E-state index contributed by atoms with van der Waals surface area (Å²) in [5.74, 6) is 0.923. The zero-order valence-electron chi connectivity index (χ0n) is 10.4. The van der Waals surface area contributed by atoms with Crippen LogP contribution in [0.4, 0.5) is 0 Å². The van der Waals surface area contributed by atoms with E-state index in [1.165, 1.54) is 4.90 Å². The zero-order valence-corrected chi connectivity index (χ0v) is 11.2. The maximum absolute atomic E-state index is 5.67. The molecular weight excluding hydrogens is 230 g/mol. The van der Waals surface area contributed by atoms with E-state index in [2.05, 4.69) is 47.0 Å². The number of nitrogens with zero attached hydrogens (tertiary/aromatic N) is 2. The third kappa shape index (κ3) is 2.23. The van der Waals surface area contributed by atoms with Crippen LogP contribution < -0.4 is 5.73 Å². The molecule has 3 nitrogen and oxygen atoms in total. The molecule has 0 fully saturated rings. The summed E-state index contributed by atoms with van der Waals surface area (Å²) in [5.41, 5.74) is 9.00. The number of benzene rings is 1. The highest BCUT2D eigenvalue weighted by Gasteiger charge is 2.11. The lowest BCUT2D eigenvalue weighted by Gasteiger charge is -2.02. The van der Waals surface area contributed by atoms with Gasteiger partial charge in [0.05, 0.1) is 12.2 Å². The van der Waals surface area contributed by atoms with E-state index >= 15 is 0 Å². The van der Waals surface area contributed by atoms with Gasteiger partial charge in [-0.3, -0.25) is 0 Å². The van der Waals surface area contributed by atoms with E-state index in [9.17, 15) is 0 Å². The predicted octanol–water partition coefficient (Wildman–Crippen LogP) is 2.58. The maximum Gasteiger partial charge on any atom is 0.123 e. The summed E-state index contributed by atoms with van der Waals surface area (Å²) in [6.07, 6.45) is 2.08. The second-order valence-corrected chi connectivity index (χ2v) is 4.83. The molecule has 0 saturated heterocycles. The molecule has 17 heavy (non-hydrogen) atoms. The first-order valence-corrected chi connectivity index (χ1v) is 6.76. The number of imidazole rings is 1. The molecule has 0 atom stereocenters. The van der Waals surface area contributed by atoms with Crippen molar-refractivity contribution in [2.75, 3.05) is 6.26 Å². The molecule has 1 aromatic heterocycles. The van der Waals surface area contributed by atoms with Crippen LogP contribution in [0, 0.1) is 6.92 Å². The van der Waals surface area contributed by atoms with Gasteiger partial charge in [0.15, 0.2) is 0 Å². The van der Waals surface area contributed by atoms with Crippen LogP contribution in [0.5, 0.6) is 0 Å². The van der Waals surface area contributed by atoms with Gasteiger partial charge in [0.25, 0.3) is 0 Å². The SMILES string of the molecule is CSc1ccc(-c2nc(CN)n(C)c2C)cc1. The van der Waals surface area contributed by atoms with Gasteiger partial charge in [0.1, 0.15) is 5.82 Å². The fourth-order valence-corrected chi connectivity index (χ4v) is 2.25. The zero-order chi connectivity index (χ0) is 12.4. The van der Waals surface area contributed by atoms with E-state index in [4.69, 9.17) is 5.73 Å². The second-order valence-electron chi connectivity index (χ2n) is 3.95. The smallest absolute Gasteiger partial charge is 0.123 e. The fourth-order valence-electron chi connectivity index (χ4n) is 1.84. The van der Waals surface area contributed by atoms with Crippen molar-refractivity contribution in [1.82, 2.24) is 9.55 Å². The first-order chi connectivity index (χ1) is 8.17. The lowest BCUT2D eigenvalue weighted by molar-refractivity contribution is 0.774. The average molecular weight is 247 g/mol. The Morgan fingerprint density at radius 1 is 1.29 bits per heavy atom. The van der Waals surface area contributed by atoms with Crippen LogP contribution in [-0.4, -0.2) is 15.8 Å². The van der Waals surface area contributed by atoms with Gasteiger partial charge in [0, 0.05) is 23.2 Å². The molecule has 4 heteroatoms. The third-order valence-corrected chi connectivity index (χ3v) is 3.76. The molecule has 2 N–H and O–H groups in total. The average Bonchev–Trinajstić information content (AvgIpc) is 2.66. The Morgan fingerprint density at radius 2 is 1.94 bits per heavy atom. The van der Waals surface area contributed by atoms with Gasteiger partial charge in [-0.2, -0.15) is 0 Å². The van der Waals surface area contributed by atoms with E-state index in [-0.39, 0.29) is 0 Å². The summed E-state index contributed by atoms with van der Waals surface area (Å²) in [5, 5.41) is 0. The van der Waals surface area contributed by atoms with E-state index < -0.39 is 0 Å². The van der Waals surface area contributed by atoms with Gasteiger partial charge in [-0.1, -0.05) is 12.1 Å². The van der Waals surface area contributed by atoms with Crippen molar-refractivity contribution in [3.63, 3.8) is 0 Å². The van der Waals surface area contributed by atoms with Gasteiger partial charge in [-0.05, 0) is 25.3 Å². The number of aromatic nitrogens is 2. The molecule has 0 spiro atoms. The molecule has 2 aromatic rings. The van der Waals surface area contributed by atoms with E-state index in [0.717, 1.165) is 22.8 Å². The molecule has 1 aromatic carbocycles. The number of nitrogens with two attached hydrogens (primary N) is 1. The molecule has 0 radical (unpaired) electrons. The van der Waals surface area contributed by atoms with Crippen molar-refractivity contribution < 1.29 is 0 Å². The van der Waals surface area contributed by atoms with Crippen LogP contribution in [0.15, 0.2) is 29.2 Å². The highest BCUT2D eigenvalue weighted by molar-refractivity contribution is 7.98. The van der Waals surface area contributed by atoms with Crippen molar-refractivity contribution in [3.8, 4) is 11.3 Å². The van der Waals surface area contributed by atoms with Gasteiger partial charge in [-0.15, -0.1) is 11.8 Å². The molecule has 0 bridgehead atoms. The standard InChI is InChI=1S/C13H17N3S/c1-9-13(15-12(8-14)16(9)2)10-4-6-11(17-3)7-5-10/h4-7H,8,14H2,1-3H3. The third-order valence-electron chi connectivity index (χ3n) is 3.02. The molecule has 0 aliphatic carbocycles. The highest BCUT2D eigenvalue weighted by atomic mass is 32.2. The molecule has 90 valence electrons. The minimum Gasteiger partial charge on any atom is -0.334 e. The second kappa shape index (κ2) is 4.94. The summed E-state index contributed by atoms with van der Waals surface area (Å²) in [6, 6.07) is 8.47. The summed E-state index contributed by atoms with van der Waals surface area (Å²) in [7, 11) is 2.00. The lowest BCUT2D eigenvalue weighted by Crippen LogP contribution is -2.05. The Bertz CT molecular complexity index is 514. The van der Waals surface area contributed by atoms with Gasteiger partial charge < -0.3 is 10.3 Å². The van der Waals surface area contributed by atoms with Crippen LogP contribution >= 0.6 is 11.8 Å². The number of hydrogen-bond acceptors (Lipinski definition) is 3. The van der Waals surface area contributed by atoms with E-state index in [0.29, 0.717) is 6.54 Å². The van der Waals surface area contributed by atoms with E-state index in [1.807, 2.05) is 7.05 Å². The largest absolute Gasteiger partial charge is 0.334 e. The number of rotatable bonds is 3. The van der Waals surface area contributed by atoms with Crippen LogP contribution in [0.1, 0.15) is 11.5 Å². The van der Waals surface area contributed by atoms with Crippen LogP contribution in [0.2, 0.25) is 0 Å². The number of hydrogen-bond donors (Lipinski definition) is 1. The Labute approximate surface area is 106 Å². The van der Waals surface area contributed by atoms with E-state index in [1.54, 1.807) is 11.8 Å². The van der Waals surface area contributed by atoms with Gasteiger partial charge in [-0.25, -0.2) is 4.98 Å². The summed E-state index contributed by atoms with van der Waals surface area (Å²) < 4.78 is 2.05. The van der Waals surface area contributed by atoms with Crippen molar-refractivity contribution in [2.45, 2.75) is 18.4 Å². The Hall–Kier alpha value is -1.26. The fraction of sp³-hybridized carbons (Fsp3) is 0.308. The summed E-state index contributed by atoms with van der Waals surface area (Å²) in [4.78, 5) is 5.85. The van der Waals surface area contributed by atoms with Crippen LogP contribution in [0.3, 0.4) is 0 Å². The van der Waals surface area contributed by atoms with Crippen molar-refractivity contribution in [1.29, 1.82) is 0 Å². The molecule has 0 aliphatic rings. The normalized spacial score (nSPS) is 10.8. The minimum atomic E-state index is 0.472. The molecule has 0 unspecified atom stereocenters. The first kappa shape index (κ1) is 12.2. The maximum atomic E-state index is 5.67. The Kier molecular flexibility index (Phi) is 3.54. The molecular formula is C13H17N3S. The Morgan fingerprint density at radius 3 is 2.41 bits per heavy atom. The summed E-state index contributed by atoms with van der Waals surface area (Å²) in [6.45, 7) is 2.55. The van der Waals surface area contributed by atoms with Gasteiger partial charge >= 0.3 is 0 Å². The molecule has 0 amide bonds. The molecule has 0 saturated carbocycles. The van der Waals surface area contributed by atoms with Crippen LogP contribution in [0.25, 0.3) is 11.3 Å². The van der Waals surface area contributed by atoms with Crippen molar-refractivity contribution >= 4 is 11.8 Å². The molecule has 2 rings (SSSR count). The van der Waals surface area contributed by atoms with Crippen LogP contribution in [-0.2, 0) is 13.6 Å². The predicted molar refractivity (Wildman–Crippen MR) is 73.1 cm³/mol. The first-order valence-electron chi connectivity index (χ1n) is 5.54. The monoisotopic (exact) mass is 247 g/mol. The van der Waals surface area contributed by atoms with Gasteiger partial charge in [0.2, 0.25) is 0 Å². The van der Waals surface area contributed by atoms with Crippen molar-refractivity contribution in [3.05, 3.63) is 35.8 Å². The number of thioether (sulfide) groups is 1. The lowest BCUT2D eigenvalue weighted by atomic mass is 10.1. The quantitative estimate of drug-likeness (QED) is 0.848.